The molecule has 9 nitrogen and oxygen atoms in total. The molecule has 2 heterocycles. The Kier molecular flexibility index (Phi) is 10.0. The zero-order chi connectivity index (χ0) is 29.6. The van der Waals surface area contributed by atoms with E-state index >= 15 is 0 Å². The number of piperidine rings is 1. The van der Waals surface area contributed by atoms with Gasteiger partial charge in [0.05, 0.1) is 16.3 Å². The fourth-order valence-electron chi connectivity index (χ4n) is 5.08. The van der Waals surface area contributed by atoms with E-state index in [1.807, 2.05) is 56.0 Å². The van der Waals surface area contributed by atoms with Gasteiger partial charge < -0.3 is 24.3 Å². The number of likely N-dealkylation sites (tertiary alicyclic amines) is 1. The first-order valence-electron chi connectivity index (χ1n) is 14.3. The molecule has 2 aliphatic heterocycles. The van der Waals surface area contributed by atoms with E-state index in [1.54, 1.807) is 23.1 Å². The van der Waals surface area contributed by atoms with Gasteiger partial charge in [0, 0.05) is 70.3 Å². The number of halogens is 1. The van der Waals surface area contributed by atoms with E-state index in [9.17, 15) is 9.59 Å². The van der Waals surface area contributed by atoms with E-state index in [0.717, 1.165) is 31.5 Å². The normalized spacial score (nSPS) is 16.7. The number of hydrazine groups is 1. The highest BCUT2D eigenvalue weighted by atomic mass is 35.5. The molecule has 2 saturated heterocycles. The second-order valence-corrected chi connectivity index (χ2v) is 11.9. The Hall–Kier alpha value is -3.48. The molecule has 0 aromatic heterocycles. The smallest absolute Gasteiger partial charge is 0.410 e. The van der Waals surface area contributed by atoms with E-state index in [0.29, 0.717) is 61.2 Å². The van der Waals surface area contributed by atoms with E-state index < -0.39 is 5.60 Å². The molecule has 0 unspecified atom stereocenters. The molecule has 0 atom stereocenters. The molecule has 10 heteroatoms. The molecule has 0 saturated carbocycles. The van der Waals surface area contributed by atoms with Crippen LogP contribution in [-0.4, -0.2) is 84.3 Å². The molecule has 0 bridgehead atoms. The van der Waals surface area contributed by atoms with Gasteiger partial charge >= 0.3 is 6.09 Å². The van der Waals surface area contributed by atoms with Crippen LogP contribution in [0.1, 0.15) is 62.9 Å². The van der Waals surface area contributed by atoms with Gasteiger partial charge in [-0.05, 0) is 63.6 Å². The Labute approximate surface area is 248 Å². The lowest BCUT2D eigenvalue weighted by Gasteiger charge is -2.42. The summed E-state index contributed by atoms with van der Waals surface area (Å²) in [6.07, 6.45) is 2.14. The number of carbonyl (C=O) groups is 2. The summed E-state index contributed by atoms with van der Waals surface area (Å²) in [5, 5.41) is 13.9. The summed E-state index contributed by atoms with van der Waals surface area (Å²) in [5.41, 5.74) is 1.61. The van der Waals surface area contributed by atoms with Gasteiger partial charge in [0.2, 0.25) is 0 Å². The fraction of sp³-hybridized carbons (Fsp3) is 0.516. The number of benzene rings is 2. The average molecular weight is 582 g/mol. The van der Waals surface area contributed by atoms with Crippen LogP contribution in [0.25, 0.3) is 0 Å². The van der Waals surface area contributed by atoms with Crippen molar-refractivity contribution in [3.05, 3.63) is 58.6 Å². The van der Waals surface area contributed by atoms with E-state index in [-0.39, 0.29) is 18.1 Å². The quantitative estimate of drug-likeness (QED) is 0.422. The van der Waals surface area contributed by atoms with Crippen molar-refractivity contribution in [3.63, 3.8) is 0 Å². The van der Waals surface area contributed by atoms with Gasteiger partial charge in [0.25, 0.3) is 5.91 Å². The van der Waals surface area contributed by atoms with Crippen LogP contribution < -0.4 is 9.75 Å². The third-order valence-electron chi connectivity index (χ3n) is 7.19. The zero-order valence-electron chi connectivity index (χ0n) is 24.4. The van der Waals surface area contributed by atoms with Crippen molar-refractivity contribution < 1.29 is 19.1 Å². The van der Waals surface area contributed by atoms with Gasteiger partial charge in [-0.3, -0.25) is 4.79 Å². The first kappa shape index (κ1) is 30.5. The minimum absolute atomic E-state index is 0.0104. The second kappa shape index (κ2) is 13.5. The molecule has 220 valence electrons. The number of rotatable bonds is 7. The van der Waals surface area contributed by atoms with Crippen LogP contribution in [0.5, 0.6) is 5.75 Å². The Morgan fingerprint density at radius 3 is 2.22 bits per heavy atom. The summed E-state index contributed by atoms with van der Waals surface area (Å²) in [6.45, 7) is 12.5. The van der Waals surface area contributed by atoms with Gasteiger partial charge in [-0.1, -0.05) is 18.5 Å². The number of hydrogen-bond acceptors (Lipinski definition) is 7. The number of piperazine rings is 1. The molecule has 0 N–H and O–H groups in total. The van der Waals surface area contributed by atoms with Crippen LogP contribution in [0, 0.1) is 11.3 Å². The van der Waals surface area contributed by atoms with Crippen molar-refractivity contribution in [2.24, 2.45) is 0 Å². The van der Waals surface area contributed by atoms with Crippen molar-refractivity contribution in [1.82, 2.24) is 14.8 Å². The van der Waals surface area contributed by atoms with E-state index in [2.05, 4.69) is 16.9 Å². The maximum Gasteiger partial charge on any atom is 0.410 e. The van der Waals surface area contributed by atoms with Crippen molar-refractivity contribution >= 4 is 29.3 Å². The Bertz CT molecular complexity index is 1240. The first-order valence-corrected chi connectivity index (χ1v) is 14.7. The Balaban J connectivity index is 1.30. The van der Waals surface area contributed by atoms with Crippen LogP contribution in [0.4, 0.5) is 10.5 Å². The topological polar surface area (TPSA) is 89.4 Å². The third kappa shape index (κ3) is 8.05. The van der Waals surface area contributed by atoms with E-state index in [1.165, 1.54) is 0 Å². The summed E-state index contributed by atoms with van der Waals surface area (Å²) in [4.78, 5) is 29.4. The summed E-state index contributed by atoms with van der Waals surface area (Å²) < 4.78 is 11.6. The number of hydrogen-bond donors (Lipinski definition) is 0. The summed E-state index contributed by atoms with van der Waals surface area (Å²) in [5.74, 6) is 0.654. The highest BCUT2D eigenvalue weighted by Crippen LogP contribution is 2.26. The largest absolute Gasteiger partial charge is 0.490 e. The summed E-state index contributed by atoms with van der Waals surface area (Å²) in [7, 11) is 0. The number of nitriles is 1. The molecule has 0 spiro atoms. The standard InChI is InChI=1S/C31H40ClN5O4/c1-5-14-37(36-19-17-35(18-20-36)30(39)41-31(2,3)4)25-9-6-23(7-10-25)29(38)34-15-12-26(13-16-34)40-27-11-8-24(22-33)28(32)21-27/h6-11,21,26H,5,12-20H2,1-4H3. The summed E-state index contributed by atoms with van der Waals surface area (Å²) in [6, 6.07) is 15.0. The molecule has 2 aromatic rings. The highest BCUT2D eigenvalue weighted by Gasteiger charge is 2.29. The Morgan fingerprint density at radius 1 is 1.00 bits per heavy atom. The van der Waals surface area contributed by atoms with Crippen molar-refractivity contribution in [2.75, 3.05) is 50.8 Å². The molecule has 2 aliphatic rings. The van der Waals surface area contributed by atoms with Crippen LogP contribution in [0.3, 0.4) is 0 Å². The van der Waals surface area contributed by atoms with Crippen molar-refractivity contribution in [3.8, 4) is 11.8 Å². The van der Waals surface area contributed by atoms with Gasteiger partial charge in [-0.2, -0.15) is 5.26 Å². The van der Waals surface area contributed by atoms with Crippen LogP contribution in [0.2, 0.25) is 5.02 Å². The van der Waals surface area contributed by atoms with Crippen LogP contribution in [0.15, 0.2) is 42.5 Å². The van der Waals surface area contributed by atoms with Crippen molar-refractivity contribution in [1.29, 1.82) is 5.26 Å². The maximum absolute atomic E-state index is 13.3. The van der Waals surface area contributed by atoms with Gasteiger partial charge in [0.1, 0.15) is 23.5 Å². The lowest BCUT2D eigenvalue weighted by Crippen LogP contribution is -2.56. The SMILES string of the molecule is CCCN(c1ccc(C(=O)N2CCC(Oc3ccc(C#N)c(Cl)c3)CC2)cc1)N1CCN(C(=O)OC(C)(C)C)CC1. The Morgan fingerprint density at radius 2 is 1.66 bits per heavy atom. The molecule has 0 aliphatic carbocycles. The summed E-state index contributed by atoms with van der Waals surface area (Å²) >= 11 is 6.13. The zero-order valence-corrected chi connectivity index (χ0v) is 25.2. The molecule has 2 amide bonds. The number of nitrogens with zero attached hydrogens (tertiary/aromatic N) is 5. The molecule has 2 aromatic carbocycles. The highest BCUT2D eigenvalue weighted by molar-refractivity contribution is 6.31. The van der Waals surface area contributed by atoms with Crippen LogP contribution in [-0.2, 0) is 4.74 Å². The molecular weight excluding hydrogens is 542 g/mol. The van der Waals surface area contributed by atoms with Gasteiger partial charge in [0.15, 0.2) is 0 Å². The molecular formula is C31H40ClN5O4. The molecule has 2 fully saturated rings. The predicted molar refractivity (Wildman–Crippen MR) is 159 cm³/mol. The molecule has 0 radical (unpaired) electrons. The minimum Gasteiger partial charge on any atom is -0.490 e. The number of carbonyl (C=O) groups excluding carboxylic acids is 2. The average Bonchev–Trinajstić information content (AvgIpc) is 2.95. The van der Waals surface area contributed by atoms with E-state index in [4.69, 9.17) is 26.3 Å². The molecule has 4 rings (SSSR count). The fourth-order valence-corrected chi connectivity index (χ4v) is 5.29. The lowest BCUT2D eigenvalue weighted by molar-refractivity contribution is 0.0134. The van der Waals surface area contributed by atoms with Crippen LogP contribution >= 0.6 is 11.6 Å². The second-order valence-electron chi connectivity index (χ2n) is 11.5. The lowest BCUT2D eigenvalue weighted by atomic mass is 10.1. The monoisotopic (exact) mass is 581 g/mol. The number of amides is 2. The predicted octanol–water partition coefficient (Wildman–Crippen LogP) is 5.58. The first-order chi connectivity index (χ1) is 19.6. The van der Waals surface area contributed by atoms with Gasteiger partial charge in [-0.15, -0.1) is 0 Å². The number of anilines is 1. The molecule has 41 heavy (non-hydrogen) atoms. The maximum atomic E-state index is 13.3. The number of ether oxygens (including phenoxy) is 2. The third-order valence-corrected chi connectivity index (χ3v) is 7.50. The minimum atomic E-state index is -0.508. The van der Waals surface area contributed by atoms with Gasteiger partial charge in [-0.25, -0.2) is 9.80 Å². The van der Waals surface area contributed by atoms with Crippen molar-refractivity contribution in [2.45, 2.75) is 58.7 Å².